The Morgan fingerprint density at radius 1 is 1.13 bits per heavy atom. The minimum Gasteiger partial charge on any atom is -0.508 e. The van der Waals surface area contributed by atoms with Crippen LogP contribution in [0.4, 0.5) is 0 Å². The first kappa shape index (κ1) is 20.8. The summed E-state index contributed by atoms with van der Waals surface area (Å²) in [6.07, 6.45) is 8.32. The van der Waals surface area contributed by atoms with Gasteiger partial charge in [0.2, 0.25) is 0 Å². The van der Waals surface area contributed by atoms with Crippen molar-refractivity contribution in [2.24, 2.45) is 5.41 Å². The Balaban J connectivity index is 0.000000147. The average molecular weight is 409 g/mol. The van der Waals surface area contributed by atoms with Gasteiger partial charge in [0.25, 0.3) is 0 Å². The predicted octanol–water partition coefficient (Wildman–Crippen LogP) is 5.81. The van der Waals surface area contributed by atoms with E-state index in [2.05, 4.69) is 32.0 Å². The fourth-order valence-electron chi connectivity index (χ4n) is 5.52. The molecule has 4 heteroatoms. The molecule has 30 heavy (non-hydrogen) atoms. The van der Waals surface area contributed by atoms with Gasteiger partial charge in [-0.3, -0.25) is 4.79 Å². The van der Waals surface area contributed by atoms with Crippen molar-refractivity contribution in [2.45, 2.75) is 70.6 Å². The summed E-state index contributed by atoms with van der Waals surface area (Å²) in [5, 5.41) is 17.8. The van der Waals surface area contributed by atoms with E-state index in [1.54, 1.807) is 28.8 Å². The fraction of sp³-hybridized carbons (Fsp3) is 0.500. The summed E-state index contributed by atoms with van der Waals surface area (Å²) >= 11 is 0. The molecule has 2 aromatic carbocycles. The van der Waals surface area contributed by atoms with Crippen molar-refractivity contribution in [3.05, 3.63) is 58.7 Å². The summed E-state index contributed by atoms with van der Waals surface area (Å²) in [6, 6.07) is 11.8. The number of phenolic OH excluding ortho intramolecular Hbond substituents is 1. The van der Waals surface area contributed by atoms with Crippen molar-refractivity contribution in [3.8, 4) is 11.5 Å². The Morgan fingerprint density at radius 2 is 1.97 bits per heavy atom. The molecule has 1 unspecified atom stereocenters. The Bertz CT molecular complexity index is 931. The highest BCUT2D eigenvalue weighted by Crippen LogP contribution is 2.50. The van der Waals surface area contributed by atoms with E-state index in [-0.39, 0.29) is 18.1 Å². The lowest BCUT2D eigenvalue weighted by Gasteiger charge is -2.29. The summed E-state index contributed by atoms with van der Waals surface area (Å²) < 4.78 is 5.27. The molecule has 1 fully saturated rings. The van der Waals surface area contributed by atoms with Crippen molar-refractivity contribution in [1.82, 2.24) is 0 Å². The van der Waals surface area contributed by atoms with Crippen LogP contribution in [-0.4, -0.2) is 22.8 Å². The van der Waals surface area contributed by atoms with Crippen LogP contribution < -0.4 is 4.74 Å². The Morgan fingerprint density at radius 3 is 2.70 bits per heavy atom. The zero-order chi connectivity index (χ0) is 21.3. The van der Waals surface area contributed by atoms with Gasteiger partial charge in [0.15, 0.2) is 0 Å². The molecule has 160 valence electrons. The largest absolute Gasteiger partial charge is 0.508 e. The van der Waals surface area contributed by atoms with Gasteiger partial charge in [0.1, 0.15) is 11.5 Å². The maximum absolute atomic E-state index is 10.5. The van der Waals surface area contributed by atoms with Gasteiger partial charge in [-0.25, -0.2) is 0 Å². The second-order valence-electron chi connectivity index (χ2n) is 9.60. The lowest BCUT2D eigenvalue weighted by atomic mass is 9.76. The molecule has 5 rings (SSSR count). The molecule has 2 aromatic rings. The molecule has 2 aliphatic carbocycles. The first-order valence-corrected chi connectivity index (χ1v) is 11.1. The number of aliphatic carboxylic acids is 1. The molecule has 0 aromatic heterocycles. The van der Waals surface area contributed by atoms with Crippen LogP contribution in [0.5, 0.6) is 11.5 Å². The number of carboxylic acids is 1. The van der Waals surface area contributed by atoms with Gasteiger partial charge in [-0.15, -0.1) is 0 Å². The van der Waals surface area contributed by atoms with Crippen molar-refractivity contribution in [3.63, 3.8) is 0 Å². The zero-order valence-electron chi connectivity index (χ0n) is 18.0. The molecule has 0 spiro atoms. The molecule has 2 N–H and O–H groups in total. The molecule has 0 bridgehead atoms. The van der Waals surface area contributed by atoms with Gasteiger partial charge in [0.05, 0.1) is 13.0 Å². The van der Waals surface area contributed by atoms with E-state index in [4.69, 9.17) is 14.9 Å². The van der Waals surface area contributed by atoms with Gasteiger partial charge in [-0.05, 0) is 66.2 Å². The van der Waals surface area contributed by atoms with Crippen molar-refractivity contribution in [2.75, 3.05) is 6.61 Å². The average Bonchev–Trinajstić information content (AvgIpc) is 3.40. The number of hydrogen-bond acceptors (Lipinski definition) is 3. The lowest BCUT2D eigenvalue weighted by molar-refractivity contribution is -0.137. The number of aromatic hydroxyl groups is 1. The molecule has 0 saturated heterocycles. The molecular weight excluding hydrogens is 376 g/mol. The number of fused-ring (bicyclic) bond motifs is 2. The van der Waals surface area contributed by atoms with Crippen LogP contribution in [-0.2, 0) is 17.6 Å². The lowest BCUT2D eigenvalue weighted by Crippen LogP contribution is -2.16. The van der Waals surface area contributed by atoms with Gasteiger partial charge in [0, 0.05) is 17.5 Å². The maximum atomic E-state index is 10.5. The summed E-state index contributed by atoms with van der Waals surface area (Å²) in [6.45, 7) is 5.29. The van der Waals surface area contributed by atoms with Gasteiger partial charge >= 0.3 is 5.97 Å². The summed E-state index contributed by atoms with van der Waals surface area (Å²) in [5.74, 6) is 0.624. The molecule has 0 radical (unpaired) electrons. The highest BCUT2D eigenvalue weighted by Gasteiger charge is 2.37. The standard InChI is InChI=1S/C16H22.C10H10O4/c1-16(2)11-5-10-15(16)14-9-4-7-12-6-3-8-13(12)14;11-7-1-2-8-6(3-10(12)13)5-14-9(8)4-7/h4,7,9,15H,3,5-6,8,10-11H2,1-2H3;1-2,4,6,11H,3,5H2,(H,12,13)/t15-;/m0./s1. The molecule has 2 atom stereocenters. The van der Waals surface area contributed by atoms with E-state index in [0.29, 0.717) is 17.8 Å². The van der Waals surface area contributed by atoms with E-state index in [1.807, 2.05) is 0 Å². The van der Waals surface area contributed by atoms with E-state index in [1.165, 1.54) is 44.6 Å². The second kappa shape index (κ2) is 8.33. The molecule has 4 nitrogen and oxygen atoms in total. The van der Waals surface area contributed by atoms with Crippen LogP contribution in [0.2, 0.25) is 0 Å². The normalized spacial score (nSPS) is 23.1. The van der Waals surface area contributed by atoms with Crippen LogP contribution in [0, 0.1) is 5.41 Å². The highest BCUT2D eigenvalue weighted by atomic mass is 16.5. The summed E-state index contributed by atoms with van der Waals surface area (Å²) in [7, 11) is 0. The number of carboxylic acid groups (broad SMARTS) is 1. The Kier molecular flexibility index (Phi) is 5.77. The minimum atomic E-state index is -0.834. The first-order valence-electron chi connectivity index (χ1n) is 11.1. The third kappa shape index (κ3) is 4.19. The van der Waals surface area contributed by atoms with Crippen molar-refractivity contribution in [1.29, 1.82) is 0 Å². The smallest absolute Gasteiger partial charge is 0.304 e. The second-order valence-corrected chi connectivity index (χ2v) is 9.60. The number of carbonyl (C=O) groups is 1. The van der Waals surface area contributed by atoms with Gasteiger partial charge in [-0.1, -0.05) is 44.5 Å². The summed E-state index contributed by atoms with van der Waals surface area (Å²) in [4.78, 5) is 10.5. The first-order chi connectivity index (χ1) is 14.3. The quantitative estimate of drug-likeness (QED) is 0.672. The molecule has 1 aliphatic heterocycles. The number of benzene rings is 2. The number of aryl methyl sites for hydroxylation is 1. The van der Waals surface area contributed by atoms with E-state index in [9.17, 15) is 4.79 Å². The van der Waals surface area contributed by atoms with Gasteiger partial charge < -0.3 is 14.9 Å². The van der Waals surface area contributed by atoms with Crippen LogP contribution in [0.1, 0.15) is 80.0 Å². The maximum Gasteiger partial charge on any atom is 0.304 e. The third-order valence-electron chi connectivity index (χ3n) is 7.11. The number of rotatable bonds is 3. The topological polar surface area (TPSA) is 66.8 Å². The van der Waals surface area contributed by atoms with Crippen molar-refractivity contribution >= 4 is 5.97 Å². The Hall–Kier alpha value is -2.49. The molecule has 3 aliphatic rings. The monoisotopic (exact) mass is 408 g/mol. The molecule has 1 heterocycles. The van der Waals surface area contributed by atoms with Crippen LogP contribution >= 0.6 is 0 Å². The zero-order valence-corrected chi connectivity index (χ0v) is 18.0. The van der Waals surface area contributed by atoms with Gasteiger partial charge in [-0.2, -0.15) is 0 Å². The fourth-order valence-corrected chi connectivity index (χ4v) is 5.52. The third-order valence-corrected chi connectivity index (χ3v) is 7.11. The molecule has 0 amide bonds. The SMILES string of the molecule is CC1(C)CCC[C@H]1c1cccc2c1CCC2.O=C(O)CC1COc2cc(O)ccc21. The number of hydrogen-bond donors (Lipinski definition) is 2. The number of phenols is 1. The van der Waals surface area contributed by atoms with Crippen LogP contribution in [0.25, 0.3) is 0 Å². The minimum absolute atomic E-state index is 0.0672. The van der Waals surface area contributed by atoms with E-state index < -0.39 is 5.97 Å². The highest BCUT2D eigenvalue weighted by molar-refractivity contribution is 5.68. The van der Waals surface area contributed by atoms with Crippen LogP contribution in [0.3, 0.4) is 0 Å². The Labute approximate surface area is 178 Å². The molecule has 1 saturated carbocycles. The van der Waals surface area contributed by atoms with Crippen molar-refractivity contribution < 1.29 is 19.7 Å². The van der Waals surface area contributed by atoms with E-state index >= 15 is 0 Å². The van der Waals surface area contributed by atoms with E-state index in [0.717, 1.165) is 11.5 Å². The predicted molar refractivity (Wildman–Crippen MR) is 117 cm³/mol. The summed E-state index contributed by atoms with van der Waals surface area (Å²) in [5.41, 5.74) is 6.43. The van der Waals surface area contributed by atoms with Crippen LogP contribution in [0.15, 0.2) is 36.4 Å². The number of ether oxygens (including phenoxy) is 1. The molecular formula is C26H32O4.